The number of nitrogens with two attached hydrogens (primary N) is 2. The predicted molar refractivity (Wildman–Crippen MR) is 258 cm³/mol. The molecule has 2 aromatic heterocycles. The van der Waals surface area contributed by atoms with Crippen LogP contribution in [0.1, 0.15) is 45.7 Å². The quantitative estimate of drug-likeness (QED) is 0.0500. The summed E-state index contributed by atoms with van der Waals surface area (Å²) in [7, 11) is -1.81. The van der Waals surface area contributed by atoms with E-state index in [0.717, 1.165) is 11.1 Å². The molecule has 7 N–H and O–H groups in total. The third-order valence-electron chi connectivity index (χ3n) is 10.5. The zero-order valence-corrected chi connectivity index (χ0v) is 40.4. The molecule has 0 saturated heterocycles. The second kappa shape index (κ2) is 25.5. The van der Waals surface area contributed by atoms with E-state index < -0.39 is 51.0 Å². The van der Waals surface area contributed by atoms with Crippen LogP contribution in [-0.4, -0.2) is 123 Å². The fraction of sp³-hybridized carbons (Fsp3) is 0.396. The number of carbonyl (C=O) groups excluding carboxylic acids is 4. The van der Waals surface area contributed by atoms with E-state index >= 15 is 0 Å². The van der Waals surface area contributed by atoms with Gasteiger partial charge in [0, 0.05) is 43.0 Å². The molecule has 0 aliphatic rings. The number of carbonyl (C=O) groups is 4. The smallest absolute Gasteiger partial charge is 0.410 e. The summed E-state index contributed by atoms with van der Waals surface area (Å²) in [4.78, 5) is 62.0. The largest absolute Gasteiger partial charge is 0.445 e. The van der Waals surface area contributed by atoms with Gasteiger partial charge in [-0.3, -0.25) is 14.4 Å². The van der Waals surface area contributed by atoms with Gasteiger partial charge in [0.25, 0.3) is 0 Å². The van der Waals surface area contributed by atoms with Crippen LogP contribution in [0.3, 0.4) is 0 Å². The molecule has 0 saturated carbocycles. The minimum absolute atomic E-state index is 0.0177. The lowest BCUT2D eigenvalue weighted by atomic mass is 10.0. The number of hydrogen-bond acceptors (Lipinski definition) is 16. The van der Waals surface area contributed by atoms with Gasteiger partial charge in [-0.1, -0.05) is 67.5 Å². The van der Waals surface area contributed by atoms with Crippen LogP contribution in [0.25, 0.3) is 34.0 Å². The van der Waals surface area contributed by atoms with Crippen molar-refractivity contribution in [1.29, 1.82) is 0 Å². The van der Waals surface area contributed by atoms with Crippen molar-refractivity contribution in [3.63, 3.8) is 0 Å². The van der Waals surface area contributed by atoms with Gasteiger partial charge in [0.15, 0.2) is 27.1 Å². The van der Waals surface area contributed by atoms with E-state index in [1.165, 1.54) is 18.0 Å². The Morgan fingerprint density at radius 2 is 1.38 bits per heavy atom. The molecule has 4 amide bonds. The number of anilines is 2. The topological polar surface area (TPSA) is 283 Å². The first kappa shape index (κ1) is 53.2. The van der Waals surface area contributed by atoms with Gasteiger partial charge in [-0.25, -0.2) is 23.2 Å². The van der Waals surface area contributed by atoms with Crippen LogP contribution in [0.2, 0.25) is 0 Å². The molecule has 370 valence electrons. The Balaban J connectivity index is 1.04. The molecule has 21 heteroatoms. The van der Waals surface area contributed by atoms with Gasteiger partial charge in [-0.2, -0.15) is 0 Å². The summed E-state index contributed by atoms with van der Waals surface area (Å²) in [6.07, 6.45) is 0.954. The number of aromatic nitrogens is 3. The summed E-state index contributed by atoms with van der Waals surface area (Å²) in [6, 6.07) is 20.4. The number of hydrogen-bond donors (Lipinski definition) is 5. The van der Waals surface area contributed by atoms with Crippen LogP contribution in [0.5, 0.6) is 0 Å². The molecule has 5 aromatic rings. The van der Waals surface area contributed by atoms with Gasteiger partial charge >= 0.3 is 6.09 Å². The van der Waals surface area contributed by atoms with Gasteiger partial charge < -0.3 is 55.8 Å². The van der Waals surface area contributed by atoms with Gasteiger partial charge in [0.05, 0.1) is 55.1 Å². The Bertz CT molecular complexity index is 2590. The Kier molecular flexibility index (Phi) is 19.7. The van der Waals surface area contributed by atoms with Crippen molar-refractivity contribution in [2.75, 3.05) is 64.3 Å². The minimum atomic E-state index is -3.43. The lowest BCUT2D eigenvalue weighted by Gasteiger charge is -2.24. The first-order valence-corrected chi connectivity index (χ1v) is 23.8. The Hall–Kier alpha value is -6.78. The van der Waals surface area contributed by atoms with Crippen molar-refractivity contribution >= 4 is 45.2 Å². The molecule has 5 rings (SSSR count). The Morgan fingerprint density at radius 3 is 2.01 bits per heavy atom. The normalized spacial score (nSPS) is 12.4. The molecular weight excluding hydrogens is 911 g/mol. The summed E-state index contributed by atoms with van der Waals surface area (Å²) < 4.78 is 52.2. The van der Waals surface area contributed by atoms with Crippen molar-refractivity contribution in [1.82, 2.24) is 30.7 Å². The van der Waals surface area contributed by atoms with Gasteiger partial charge in [-0.15, -0.1) is 0 Å². The van der Waals surface area contributed by atoms with E-state index in [2.05, 4.69) is 31.1 Å². The highest BCUT2D eigenvalue weighted by atomic mass is 32.2. The number of ether oxygens (including phenoxy) is 4. The summed E-state index contributed by atoms with van der Waals surface area (Å²) in [6.45, 7) is 10.5. The molecular formula is C48H61N9O11S. The second-order valence-electron chi connectivity index (χ2n) is 16.6. The molecule has 0 radical (unpaired) electrons. The van der Waals surface area contributed by atoms with Gasteiger partial charge in [0.1, 0.15) is 31.0 Å². The van der Waals surface area contributed by atoms with Crippen LogP contribution in [0.4, 0.5) is 16.3 Å². The molecule has 3 aromatic carbocycles. The van der Waals surface area contributed by atoms with Gasteiger partial charge in [-0.05, 0) is 62.1 Å². The monoisotopic (exact) mass is 971 g/mol. The summed E-state index contributed by atoms with van der Waals surface area (Å²) in [5.74, 6) is -1.32. The summed E-state index contributed by atoms with van der Waals surface area (Å²) >= 11 is 0. The Morgan fingerprint density at radius 1 is 0.768 bits per heavy atom. The molecule has 0 aliphatic heterocycles. The highest BCUT2D eigenvalue weighted by Gasteiger charge is 2.27. The maximum atomic E-state index is 13.1. The van der Waals surface area contributed by atoms with E-state index in [1.54, 1.807) is 89.3 Å². The molecule has 69 heavy (non-hydrogen) atoms. The number of nitrogens with zero attached hydrogens (tertiary/aromatic N) is 4. The Labute approximate surface area is 401 Å². The van der Waals surface area contributed by atoms with E-state index in [4.69, 9.17) is 34.9 Å². The van der Waals surface area contributed by atoms with Crippen molar-refractivity contribution in [2.24, 2.45) is 11.7 Å². The third-order valence-corrected chi connectivity index (χ3v) is 12.6. The van der Waals surface area contributed by atoms with E-state index in [-0.39, 0.29) is 55.3 Å². The average molecular weight is 972 g/mol. The minimum Gasteiger partial charge on any atom is -0.445 e. The molecule has 2 atom stereocenters. The number of nitrogen functional groups attached to an aromatic ring is 1. The zero-order chi connectivity index (χ0) is 50.1. The van der Waals surface area contributed by atoms with E-state index in [9.17, 15) is 27.6 Å². The standard InChI is InChI=1S/C48H61N9O11S/c1-30(2)43(55-42(58)29-66-24-23-65-22-21-64-20-19-49)47(60)52-32(5)46(59)53-37-15-9-34(10-16-37)28-67-48(61)57(6)27-33-7-11-35(12-8-33)39-25-41(68-56-39)44-45(50)51-26-40(54-44)36-13-17-38(18-14-36)69(62,63)31(3)4/h7-18,25-26,30-32,43H,19-24,27-29,49H2,1-6H3,(H2,50,51)(H,52,60)(H,53,59)(H,55,58)/t32-,43-/m0/s1. The lowest BCUT2D eigenvalue weighted by molar-refractivity contribution is -0.133. The second-order valence-corrected chi connectivity index (χ2v) is 19.1. The van der Waals surface area contributed by atoms with E-state index in [0.29, 0.717) is 60.3 Å². The highest BCUT2D eigenvalue weighted by molar-refractivity contribution is 7.92. The van der Waals surface area contributed by atoms with E-state index in [1.807, 2.05) is 24.3 Å². The molecule has 20 nitrogen and oxygen atoms in total. The predicted octanol–water partition coefficient (Wildman–Crippen LogP) is 4.59. The number of sulfone groups is 1. The summed E-state index contributed by atoms with van der Waals surface area (Å²) in [5.41, 5.74) is 16.2. The van der Waals surface area contributed by atoms with Crippen molar-refractivity contribution in [3.8, 4) is 34.0 Å². The number of nitrogens with one attached hydrogen (secondary N) is 3. The fourth-order valence-electron chi connectivity index (χ4n) is 6.45. The highest BCUT2D eigenvalue weighted by Crippen LogP contribution is 2.30. The lowest BCUT2D eigenvalue weighted by Crippen LogP contribution is -2.54. The SMILES string of the molecule is CC(C)[C@H](NC(=O)COCCOCCOCCN)C(=O)N[C@@H](C)C(=O)Nc1ccc(COC(=O)N(C)Cc2ccc(-c3cc(-c4nc(-c5ccc(S(=O)(=O)C(C)C)cc5)cnc4N)on3)cc2)cc1. The summed E-state index contributed by atoms with van der Waals surface area (Å²) in [5, 5.41) is 11.7. The molecule has 0 spiro atoms. The molecule has 0 aliphatic carbocycles. The third kappa shape index (κ3) is 15.6. The molecule has 0 bridgehead atoms. The van der Waals surface area contributed by atoms with Crippen molar-refractivity contribution in [2.45, 2.75) is 70.0 Å². The number of amides is 4. The molecule has 2 heterocycles. The van der Waals surface area contributed by atoms with Crippen LogP contribution in [0, 0.1) is 5.92 Å². The zero-order valence-electron chi connectivity index (χ0n) is 39.6. The molecule has 0 fully saturated rings. The number of rotatable bonds is 25. The van der Waals surface area contributed by atoms with Crippen molar-refractivity contribution in [3.05, 3.63) is 96.2 Å². The van der Waals surface area contributed by atoms with Crippen LogP contribution in [0.15, 0.2) is 94.5 Å². The maximum absolute atomic E-state index is 13.1. The average Bonchev–Trinajstić information content (AvgIpc) is 3.83. The number of benzene rings is 3. The fourth-order valence-corrected chi connectivity index (χ4v) is 7.51. The van der Waals surface area contributed by atoms with Crippen LogP contribution < -0.4 is 27.4 Å². The first-order valence-electron chi connectivity index (χ1n) is 22.3. The first-order chi connectivity index (χ1) is 33.0. The maximum Gasteiger partial charge on any atom is 0.410 e. The molecule has 0 unspecified atom stereocenters. The van der Waals surface area contributed by atoms with Gasteiger partial charge in [0.2, 0.25) is 17.7 Å². The van der Waals surface area contributed by atoms with Crippen LogP contribution >= 0.6 is 0 Å². The van der Waals surface area contributed by atoms with Crippen molar-refractivity contribution < 1.29 is 51.1 Å². The van der Waals surface area contributed by atoms with Crippen LogP contribution in [-0.2, 0) is 56.3 Å².